The monoisotopic (exact) mass is 693 g/mol. The Morgan fingerprint density at radius 1 is 0.367 bits per heavy atom. The van der Waals surface area contributed by atoms with Gasteiger partial charge in [-0.25, -0.2) is 0 Å². The van der Waals surface area contributed by atoms with E-state index in [1.807, 2.05) is 0 Å². The second-order valence-electron chi connectivity index (χ2n) is 15.9. The highest BCUT2D eigenvalue weighted by molar-refractivity contribution is 5.69. The second-order valence-corrected chi connectivity index (χ2v) is 15.9. The summed E-state index contributed by atoms with van der Waals surface area (Å²) in [5, 5.41) is 10.3. The molecule has 0 bridgehead atoms. The summed E-state index contributed by atoms with van der Waals surface area (Å²) in [7, 11) is 0. The Balaban J connectivity index is 3.22. The summed E-state index contributed by atoms with van der Waals surface area (Å²) in [6.07, 6.45) is 53.6. The van der Waals surface area contributed by atoms with Gasteiger partial charge in [0.25, 0.3) is 0 Å². The van der Waals surface area contributed by atoms with Gasteiger partial charge in [-0.3, -0.25) is 4.79 Å². The summed E-state index contributed by atoms with van der Waals surface area (Å²) in [6.45, 7) is 5.15. The van der Waals surface area contributed by atoms with Gasteiger partial charge in [0.15, 0.2) is 0 Å². The summed E-state index contributed by atoms with van der Waals surface area (Å²) >= 11 is 0. The predicted molar refractivity (Wildman–Crippen MR) is 218 cm³/mol. The van der Waals surface area contributed by atoms with Gasteiger partial charge < -0.3 is 9.84 Å². The van der Waals surface area contributed by atoms with Crippen molar-refractivity contribution in [2.75, 3.05) is 6.61 Å². The SMILES string of the molecule is CCCCCCCCCCCCCCCCCCCCCCCC(O)CCCCCCOC(=O)CCCCCCCCCCCCCCC. The molecule has 0 aromatic heterocycles. The average Bonchev–Trinajstić information content (AvgIpc) is 3.10. The minimum Gasteiger partial charge on any atom is -0.466 e. The van der Waals surface area contributed by atoms with Crippen LogP contribution in [0.2, 0.25) is 0 Å². The molecule has 294 valence electrons. The van der Waals surface area contributed by atoms with Crippen LogP contribution < -0.4 is 0 Å². The van der Waals surface area contributed by atoms with E-state index in [9.17, 15) is 9.90 Å². The summed E-state index contributed by atoms with van der Waals surface area (Å²) < 4.78 is 5.44. The predicted octanol–water partition coefficient (Wildman–Crippen LogP) is 15.9. The van der Waals surface area contributed by atoms with Crippen LogP contribution in [0.3, 0.4) is 0 Å². The summed E-state index contributed by atoms with van der Waals surface area (Å²) in [5.41, 5.74) is 0. The van der Waals surface area contributed by atoms with Crippen LogP contribution in [0.25, 0.3) is 0 Å². The van der Waals surface area contributed by atoms with E-state index in [4.69, 9.17) is 4.74 Å². The standard InChI is InChI=1S/C46H92O3/c1-3-5-7-9-11-13-15-17-18-19-20-21-22-23-24-26-27-29-31-33-37-41-45(47)42-38-35-36-40-44-49-46(48)43-39-34-32-30-28-25-16-14-12-10-8-6-4-2/h45,47H,3-44H2,1-2H3. The van der Waals surface area contributed by atoms with Crippen LogP contribution >= 0.6 is 0 Å². The van der Waals surface area contributed by atoms with Crippen molar-refractivity contribution in [2.24, 2.45) is 0 Å². The summed E-state index contributed by atoms with van der Waals surface area (Å²) in [4.78, 5) is 12.0. The third-order valence-electron chi connectivity index (χ3n) is 10.8. The van der Waals surface area contributed by atoms with E-state index in [2.05, 4.69) is 13.8 Å². The number of aliphatic hydroxyl groups is 1. The van der Waals surface area contributed by atoms with E-state index < -0.39 is 0 Å². The molecule has 0 radical (unpaired) electrons. The van der Waals surface area contributed by atoms with Crippen molar-refractivity contribution in [3.63, 3.8) is 0 Å². The van der Waals surface area contributed by atoms with E-state index in [1.165, 1.54) is 205 Å². The molecule has 1 N–H and O–H groups in total. The van der Waals surface area contributed by atoms with E-state index in [0.717, 1.165) is 51.4 Å². The zero-order valence-electron chi connectivity index (χ0n) is 34.0. The lowest BCUT2D eigenvalue weighted by molar-refractivity contribution is -0.143. The first kappa shape index (κ1) is 48.4. The molecule has 49 heavy (non-hydrogen) atoms. The van der Waals surface area contributed by atoms with Crippen molar-refractivity contribution in [3.8, 4) is 0 Å². The highest BCUT2D eigenvalue weighted by atomic mass is 16.5. The van der Waals surface area contributed by atoms with Crippen LogP contribution in [-0.4, -0.2) is 23.8 Å². The Kier molecular flexibility index (Phi) is 43.1. The Labute approximate surface area is 309 Å². The van der Waals surface area contributed by atoms with Gasteiger partial charge in [-0.1, -0.05) is 245 Å². The number of unbranched alkanes of at least 4 members (excludes halogenated alkanes) is 35. The molecule has 0 rings (SSSR count). The van der Waals surface area contributed by atoms with Crippen molar-refractivity contribution in [1.82, 2.24) is 0 Å². The lowest BCUT2D eigenvalue weighted by Gasteiger charge is -2.10. The van der Waals surface area contributed by atoms with Gasteiger partial charge in [0.1, 0.15) is 0 Å². The van der Waals surface area contributed by atoms with Crippen LogP contribution in [-0.2, 0) is 9.53 Å². The molecule has 0 spiro atoms. The van der Waals surface area contributed by atoms with Gasteiger partial charge in [0, 0.05) is 6.42 Å². The summed E-state index contributed by atoms with van der Waals surface area (Å²) in [5.74, 6) is -0.0106. The van der Waals surface area contributed by atoms with Crippen LogP contribution in [0.1, 0.15) is 277 Å². The van der Waals surface area contributed by atoms with Crippen molar-refractivity contribution in [3.05, 3.63) is 0 Å². The highest BCUT2D eigenvalue weighted by Crippen LogP contribution is 2.17. The van der Waals surface area contributed by atoms with Crippen molar-refractivity contribution in [2.45, 2.75) is 283 Å². The maximum atomic E-state index is 12.0. The van der Waals surface area contributed by atoms with E-state index in [1.54, 1.807) is 0 Å². The van der Waals surface area contributed by atoms with Gasteiger partial charge in [-0.15, -0.1) is 0 Å². The van der Waals surface area contributed by atoms with Crippen molar-refractivity contribution in [1.29, 1.82) is 0 Å². The first-order chi connectivity index (χ1) is 24.2. The molecule has 0 fully saturated rings. The lowest BCUT2D eigenvalue weighted by atomic mass is 10.0. The largest absolute Gasteiger partial charge is 0.466 e. The third kappa shape index (κ3) is 43.5. The fraction of sp³-hybridized carbons (Fsp3) is 0.978. The molecule has 0 aliphatic carbocycles. The minimum atomic E-state index is -0.126. The number of carbonyl (C=O) groups excluding carboxylic acids is 1. The van der Waals surface area contributed by atoms with Gasteiger partial charge in [-0.05, 0) is 25.7 Å². The third-order valence-corrected chi connectivity index (χ3v) is 10.8. The highest BCUT2D eigenvalue weighted by Gasteiger charge is 2.05. The minimum absolute atomic E-state index is 0.0106. The number of hydrogen-bond donors (Lipinski definition) is 1. The molecule has 1 atom stereocenters. The molecule has 0 heterocycles. The fourth-order valence-corrected chi connectivity index (χ4v) is 7.34. The zero-order valence-corrected chi connectivity index (χ0v) is 34.0. The molecule has 0 aromatic carbocycles. The van der Waals surface area contributed by atoms with Crippen LogP contribution in [0.4, 0.5) is 0 Å². The van der Waals surface area contributed by atoms with Gasteiger partial charge in [0.05, 0.1) is 12.7 Å². The average molecular weight is 693 g/mol. The van der Waals surface area contributed by atoms with E-state index in [0.29, 0.717) is 13.0 Å². The molecule has 0 aliphatic rings. The molecule has 0 amide bonds. The molecule has 0 aliphatic heterocycles. The maximum Gasteiger partial charge on any atom is 0.305 e. The van der Waals surface area contributed by atoms with E-state index in [-0.39, 0.29) is 12.1 Å². The molecule has 3 nitrogen and oxygen atoms in total. The number of esters is 1. The maximum absolute atomic E-state index is 12.0. The topological polar surface area (TPSA) is 46.5 Å². The first-order valence-electron chi connectivity index (χ1n) is 23.0. The summed E-state index contributed by atoms with van der Waals surface area (Å²) in [6, 6.07) is 0. The van der Waals surface area contributed by atoms with Crippen molar-refractivity contribution >= 4 is 5.97 Å². The Morgan fingerprint density at radius 3 is 0.918 bits per heavy atom. The van der Waals surface area contributed by atoms with Crippen LogP contribution in [0.15, 0.2) is 0 Å². The van der Waals surface area contributed by atoms with Gasteiger partial charge in [-0.2, -0.15) is 0 Å². The van der Waals surface area contributed by atoms with Crippen LogP contribution in [0.5, 0.6) is 0 Å². The number of aliphatic hydroxyl groups excluding tert-OH is 1. The normalized spacial score (nSPS) is 12.1. The van der Waals surface area contributed by atoms with Crippen molar-refractivity contribution < 1.29 is 14.6 Å². The van der Waals surface area contributed by atoms with Gasteiger partial charge >= 0.3 is 5.97 Å². The Bertz CT molecular complexity index is 605. The van der Waals surface area contributed by atoms with Gasteiger partial charge in [0.2, 0.25) is 0 Å². The molecule has 0 saturated heterocycles. The molecule has 1 unspecified atom stereocenters. The molecule has 3 heteroatoms. The fourth-order valence-electron chi connectivity index (χ4n) is 7.34. The molecule has 0 saturated carbocycles. The first-order valence-corrected chi connectivity index (χ1v) is 23.0. The second kappa shape index (κ2) is 43.6. The lowest BCUT2D eigenvalue weighted by Crippen LogP contribution is -2.07. The molecular weight excluding hydrogens is 601 g/mol. The molecular formula is C46H92O3. The number of rotatable bonds is 43. The smallest absolute Gasteiger partial charge is 0.305 e. The molecule has 0 aromatic rings. The van der Waals surface area contributed by atoms with E-state index >= 15 is 0 Å². The van der Waals surface area contributed by atoms with Crippen LogP contribution in [0, 0.1) is 0 Å². The Morgan fingerprint density at radius 2 is 0.612 bits per heavy atom. The number of carbonyl (C=O) groups is 1. The zero-order chi connectivity index (χ0) is 35.6. The quantitative estimate of drug-likeness (QED) is 0.0511. The number of ether oxygens (including phenoxy) is 1. The Hall–Kier alpha value is -0.570. The number of hydrogen-bond acceptors (Lipinski definition) is 3.